The molecule has 0 atom stereocenters. The third kappa shape index (κ3) is 1.90. The van der Waals surface area contributed by atoms with Gasteiger partial charge in [-0.1, -0.05) is 17.4 Å². The highest BCUT2D eigenvalue weighted by Gasteiger charge is 2.06. The molecule has 17 heavy (non-hydrogen) atoms. The van der Waals surface area contributed by atoms with E-state index >= 15 is 0 Å². The van der Waals surface area contributed by atoms with Gasteiger partial charge in [-0.3, -0.25) is 4.98 Å². The molecule has 3 rings (SSSR count). The molecule has 2 heterocycles. The van der Waals surface area contributed by atoms with E-state index in [1.165, 1.54) is 11.3 Å². The van der Waals surface area contributed by atoms with Crippen LogP contribution in [0.2, 0.25) is 0 Å². The van der Waals surface area contributed by atoms with Gasteiger partial charge in [-0.2, -0.15) is 0 Å². The molecule has 84 valence electrons. The zero-order chi connectivity index (χ0) is 11.7. The summed E-state index contributed by atoms with van der Waals surface area (Å²) in [5.74, 6) is 0. The fraction of sp³-hybridized carbons (Fsp3) is 0.0833. The van der Waals surface area contributed by atoms with Gasteiger partial charge in [0.25, 0.3) is 0 Å². The summed E-state index contributed by atoms with van der Waals surface area (Å²) in [5, 5.41) is 11.0. The molecule has 0 unspecified atom stereocenters. The number of nitrogens with two attached hydrogens (primary N) is 1. The minimum absolute atomic E-state index is 0.437. The van der Waals surface area contributed by atoms with Crippen LogP contribution in [0.3, 0.4) is 0 Å². The van der Waals surface area contributed by atoms with Crippen LogP contribution < -0.4 is 5.73 Å². The number of aromatic nitrogens is 3. The van der Waals surface area contributed by atoms with Crippen LogP contribution in [-0.2, 0) is 6.54 Å². The average molecular weight is 242 g/mol. The van der Waals surface area contributed by atoms with Crippen LogP contribution in [0.15, 0.2) is 36.5 Å². The number of hydrogen-bond acceptors (Lipinski definition) is 5. The van der Waals surface area contributed by atoms with Crippen LogP contribution in [0.4, 0.5) is 0 Å². The first kappa shape index (κ1) is 10.3. The van der Waals surface area contributed by atoms with Crippen molar-refractivity contribution in [2.75, 3.05) is 0 Å². The zero-order valence-electron chi connectivity index (χ0n) is 9.00. The van der Waals surface area contributed by atoms with Gasteiger partial charge in [0.2, 0.25) is 0 Å². The summed E-state index contributed by atoms with van der Waals surface area (Å²) in [5.41, 5.74) is 7.57. The molecule has 3 aromatic rings. The molecule has 0 bridgehead atoms. The monoisotopic (exact) mass is 242 g/mol. The summed E-state index contributed by atoms with van der Waals surface area (Å²) in [7, 11) is 0. The van der Waals surface area contributed by atoms with Crippen molar-refractivity contribution in [3.05, 3.63) is 41.5 Å². The first-order valence-electron chi connectivity index (χ1n) is 5.24. The second kappa shape index (κ2) is 4.20. The van der Waals surface area contributed by atoms with Crippen molar-refractivity contribution in [3.8, 4) is 10.6 Å². The average Bonchev–Trinajstić information content (AvgIpc) is 2.87. The SMILES string of the molecule is NCc1nnc(-c2ccc3ncccc3c2)s1. The van der Waals surface area contributed by atoms with Crippen molar-refractivity contribution in [1.82, 2.24) is 15.2 Å². The summed E-state index contributed by atoms with van der Waals surface area (Å²) in [6.07, 6.45) is 1.79. The molecule has 0 saturated heterocycles. The van der Waals surface area contributed by atoms with Crippen LogP contribution in [0, 0.1) is 0 Å². The molecule has 5 heteroatoms. The lowest BCUT2D eigenvalue weighted by atomic mass is 10.1. The molecule has 0 aliphatic heterocycles. The van der Waals surface area contributed by atoms with E-state index in [4.69, 9.17) is 5.73 Å². The number of rotatable bonds is 2. The lowest BCUT2D eigenvalue weighted by molar-refractivity contribution is 0.960. The lowest BCUT2D eigenvalue weighted by Crippen LogP contribution is -1.94. The highest BCUT2D eigenvalue weighted by molar-refractivity contribution is 7.14. The molecule has 1 aromatic carbocycles. The summed E-state index contributed by atoms with van der Waals surface area (Å²) in [6, 6.07) is 10.0. The van der Waals surface area contributed by atoms with Gasteiger partial charge in [0.1, 0.15) is 10.0 Å². The fourth-order valence-electron chi connectivity index (χ4n) is 1.66. The Morgan fingerprint density at radius 3 is 2.94 bits per heavy atom. The minimum Gasteiger partial charge on any atom is -0.324 e. The quantitative estimate of drug-likeness (QED) is 0.748. The van der Waals surface area contributed by atoms with E-state index in [0.29, 0.717) is 6.54 Å². The van der Waals surface area contributed by atoms with Gasteiger partial charge >= 0.3 is 0 Å². The van der Waals surface area contributed by atoms with Crippen molar-refractivity contribution in [1.29, 1.82) is 0 Å². The molecular formula is C12H10N4S. The summed E-state index contributed by atoms with van der Waals surface area (Å²) in [4.78, 5) is 4.28. The second-order valence-corrected chi connectivity index (χ2v) is 4.68. The molecule has 0 aliphatic carbocycles. The maximum absolute atomic E-state index is 5.53. The fourth-order valence-corrected chi connectivity index (χ4v) is 2.38. The highest BCUT2D eigenvalue weighted by atomic mass is 32.1. The molecule has 4 nitrogen and oxygen atoms in total. The number of hydrogen-bond donors (Lipinski definition) is 1. The number of fused-ring (bicyclic) bond motifs is 1. The van der Waals surface area contributed by atoms with Crippen LogP contribution in [-0.4, -0.2) is 15.2 Å². The van der Waals surface area contributed by atoms with Crippen molar-refractivity contribution < 1.29 is 0 Å². The Bertz CT molecular complexity index is 662. The second-order valence-electron chi connectivity index (χ2n) is 3.62. The van der Waals surface area contributed by atoms with E-state index in [0.717, 1.165) is 26.5 Å². The first-order chi connectivity index (χ1) is 8.36. The predicted molar refractivity (Wildman–Crippen MR) is 68.5 cm³/mol. The third-order valence-electron chi connectivity index (χ3n) is 2.49. The Labute approximate surface area is 102 Å². The van der Waals surface area contributed by atoms with E-state index < -0.39 is 0 Å². The largest absolute Gasteiger partial charge is 0.324 e. The van der Waals surface area contributed by atoms with Gasteiger partial charge < -0.3 is 5.73 Å². The zero-order valence-corrected chi connectivity index (χ0v) is 9.81. The van der Waals surface area contributed by atoms with Gasteiger partial charge in [-0.15, -0.1) is 10.2 Å². The molecular weight excluding hydrogens is 232 g/mol. The highest BCUT2D eigenvalue weighted by Crippen LogP contribution is 2.26. The van der Waals surface area contributed by atoms with Crippen LogP contribution >= 0.6 is 11.3 Å². The predicted octanol–water partition coefficient (Wildman–Crippen LogP) is 2.21. The minimum atomic E-state index is 0.437. The van der Waals surface area contributed by atoms with Crippen molar-refractivity contribution in [2.24, 2.45) is 5.73 Å². The standard InChI is InChI=1S/C12H10N4S/c13-7-11-15-16-12(17-11)9-3-4-10-8(6-9)2-1-5-14-10/h1-6H,7,13H2. The number of pyridine rings is 1. The van der Waals surface area contributed by atoms with Gasteiger partial charge in [0, 0.05) is 23.7 Å². The van der Waals surface area contributed by atoms with Gasteiger partial charge in [0.15, 0.2) is 0 Å². The Kier molecular flexibility index (Phi) is 2.55. The molecule has 0 radical (unpaired) electrons. The van der Waals surface area contributed by atoms with Crippen molar-refractivity contribution in [3.63, 3.8) is 0 Å². The van der Waals surface area contributed by atoms with Gasteiger partial charge in [-0.25, -0.2) is 0 Å². The Balaban J connectivity index is 2.11. The van der Waals surface area contributed by atoms with Gasteiger partial charge in [-0.05, 0) is 24.3 Å². The molecule has 0 fully saturated rings. The van der Waals surface area contributed by atoms with E-state index in [-0.39, 0.29) is 0 Å². The van der Waals surface area contributed by atoms with Crippen molar-refractivity contribution >= 4 is 22.2 Å². The van der Waals surface area contributed by atoms with Crippen LogP contribution in [0.25, 0.3) is 21.5 Å². The van der Waals surface area contributed by atoms with E-state index in [9.17, 15) is 0 Å². The van der Waals surface area contributed by atoms with Gasteiger partial charge in [0.05, 0.1) is 5.52 Å². The number of nitrogens with zero attached hydrogens (tertiary/aromatic N) is 3. The Morgan fingerprint density at radius 1 is 1.18 bits per heavy atom. The molecule has 2 aromatic heterocycles. The number of benzene rings is 1. The van der Waals surface area contributed by atoms with E-state index in [1.54, 1.807) is 6.20 Å². The summed E-state index contributed by atoms with van der Waals surface area (Å²) < 4.78 is 0. The molecule has 0 aliphatic rings. The smallest absolute Gasteiger partial charge is 0.147 e. The van der Waals surface area contributed by atoms with E-state index in [1.807, 2.05) is 24.3 Å². The summed E-state index contributed by atoms with van der Waals surface area (Å²) >= 11 is 1.53. The molecule has 0 saturated carbocycles. The maximum atomic E-state index is 5.53. The lowest BCUT2D eigenvalue weighted by Gasteiger charge is -1.98. The topological polar surface area (TPSA) is 64.7 Å². The van der Waals surface area contributed by atoms with Crippen LogP contribution in [0.1, 0.15) is 5.01 Å². The van der Waals surface area contributed by atoms with E-state index in [2.05, 4.69) is 21.2 Å². The van der Waals surface area contributed by atoms with Crippen LogP contribution in [0.5, 0.6) is 0 Å². The third-order valence-corrected chi connectivity index (χ3v) is 3.49. The van der Waals surface area contributed by atoms with Crippen molar-refractivity contribution in [2.45, 2.75) is 6.54 Å². The molecule has 0 amide bonds. The molecule has 2 N–H and O–H groups in total. The summed E-state index contributed by atoms with van der Waals surface area (Å²) in [6.45, 7) is 0.437. The molecule has 0 spiro atoms. The maximum Gasteiger partial charge on any atom is 0.147 e. The first-order valence-corrected chi connectivity index (χ1v) is 6.06. The Morgan fingerprint density at radius 2 is 2.12 bits per heavy atom. The Hall–Kier alpha value is -1.85. The normalized spacial score (nSPS) is 10.9.